The van der Waals surface area contributed by atoms with Crippen LogP contribution in [0, 0.1) is 5.82 Å². The minimum absolute atomic E-state index is 0.0521. The molecule has 0 atom stereocenters. The number of nitrogens with two attached hydrogens (primary N) is 2. The number of nitrogen functional groups attached to an aromatic ring is 2. The van der Waals surface area contributed by atoms with E-state index in [1.807, 2.05) is 0 Å². The maximum atomic E-state index is 13.5. The number of anilines is 2. The number of hydrogen-bond acceptors (Lipinski definition) is 5. The Morgan fingerprint density at radius 1 is 1.18 bits per heavy atom. The lowest BCUT2D eigenvalue weighted by molar-refractivity contribution is 0.386. The zero-order chi connectivity index (χ0) is 12.4. The summed E-state index contributed by atoms with van der Waals surface area (Å²) >= 11 is 0. The lowest BCUT2D eigenvalue weighted by Crippen LogP contribution is -2.00. The highest BCUT2D eigenvalue weighted by molar-refractivity contribution is 5.64. The molecule has 88 valence electrons. The first-order chi connectivity index (χ1) is 8.10. The Morgan fingerprint density at radius 3 is 2.53 bits per heavy atom. The maximum Gasteiger partial charge on any atom is 0.222 e. The molecular formula is C11H11FN4O. The number of ether oxygens (including phenoxy) is 1. The van der Waals surface area contributed by atoms with Crippen LogP contribution in [0.2, 0.25) is 0 Å². The zero-order valence-corrected chi connectivity index (χ0v) is 9.14. The van der Waals surface area contributed by atoms with Crippen molar-refractivity contribution < 1.29 is 9.13 Å². The summed E-state index contributed by atoms with van der Waals surface area (Å²) in [5.74, 6) is -0.00976. The molecule has 1 heterocycles. The molecule has 17 heavy (non-hydrogen) atoms. The fourth-order valence-electron chi connectivity index (χ4n) is 1.46. The van der Waals surface area contributed by atoms with Gasteiger partial charge in [-0.25, -0.2) is 9.37 Å². The number of nitrogens with zero attached hydrogens (tertiary/aromatic N) is 2. The summed E-state index contributed by atoms with van der Waals surface area (Å²) in [5, 5.41) is 0. The van der Waals surface area contributed by atoms with Gasteiger partial charge in [-0.05, 0) is 18.2 Å². The molecule has 5 nitrogen and oxygen atoms in total. The molecule has 0 bridgehead atoms. The van der Waals surface area contributed by atoms with Crippen molar-refractivity contribution in [2.75, 3.05) is 18.6 Å². The average molecular weight is 234 g/mol. The summed E-state index contributed by atoms with van der Waals surface area (Å²) in [6, 6.07) is 6.01. The standard InChI is InChI=1S/C11H11FN4O/c1-17-9-3-2-6(4-7(9)12)8-5-10(13)16-11(14)15-8/h2-5H,1H3,(H4,13,14,15,16). The van der Waals surface area contributed by atoms with E-state index in [4.69, 9.17) is 16.2 Å². The predicted molar refractivity (Wildman–Crippen MR) is 62.8 cm³/mol. The van der Waals surface area contributed by atoms with E-state index in [0.717, 1.165) is 0 Å². The van der Waals surface area contributed by atoms with E-state index in [1.54, 1.807) is 6.07 Å². The molecule has 4 N–H and O–H groups in total. The van der Waals surface area contributed by atoms with Gasteiger partial charge in [0, 0.05) is 11.6 Å². The van der Waals surface area contributed by atoms with E-state index in [-0.39, 0.29) is 17.5 Å². The molecule has 0 spiro atoms. The van der Waals surface area contributed by atoms with Crippen molar-refractivity contribution in [3.63, 3.8) is 0 Å². The lowest BCUT2D eigenvalue weighted by Gasteiger charge is -2.06. The van der Waals surface area contributed by atoms with Crippen molar-refractivity contribution >= 4 is 11.8 Å². The second kappa shape index (κ2) is 4.25. The van der Waals surface area contributed by atoms with E-state index in [9.17, 15) is 4.39 Å². The minimum Gasteiger partial charge on any atom is -0.494 e. The van der Waals surface area contributed by atoms with Crippen molar-refractivity contribution in [3.8, 4) is 17.0 Å². The quantitative estimate of drug-likeness (QED) is 0.821. The molecular weight excluding hydrogens is 223 g/mol. The Hall–Kier alpha value is -2.37. The lowest BCUT2D eigenvalue weighted by atomic mass is 10.1. The Morgan fingerprint density at radius 2 is 1.94 bits per heavy atom. The summed E-state index contributed by atoms with van der Waals surface area (Å²) in [5.41, 5.74) is 12.0. The molecule has 0 aliphatic rings. The number of rotatable bonds is 2. The van der Waals surface area contributed by atoms with Gasteiger partial charge >= 0.3 is 0 Å². The summed E-state index contributed by atoms with van der Waals surface area (Å²) < 4.78 is 18.3. The molecule has 2 aromatic rings. The Balaban J connectivity index is 2.49. The molecule has 0 aliphatic heterocycles. The number of aromatic nitrogens is 2. The topological polar surface area (TPSA) is 87.0 Å². The van der Waals surface area contributed by atoms with Gasteiger partial charge in [0.2, 0.25) is 5.95 Å². The molecule has 6 heteroatoms. The second-order valence-corrected chi connectivity index (χ2v) is 3.39. The Labute approximate surface area is 97.3 Å². The summed E-state index contributed by atoms with van der Waals surface area (Å²) in [7, 11) is 1.40. The van der Waals surface area contributed by atoms with Gasteiger partial charge in [0.1, 0.15) is 5.82 Å². The van der Waals surface area contributed by atoms with Gasteiger partial charge in [0.15, 0.2) is 11.6 Å². The van der Waals surface area contributed by atoms with Crippen molar-refractivity contribution in [2.45, 2.75) is 0 Å². The SMILES string of the molecule is COc1ccc(-c2cc(N)nc(N)n2)cc1F. The third-order valence-electron chi connectivity index (χ3n) is 2.21. The van der Waals surface area contributed by atoms with Crippen molar-refractivity contribution in [1.82, 2.24) is 9.97 Å². The van der Waals surface area contributed by atoms with Crippen LogP contribution < -0.4 is 16.2 Å². The first-order valence-corrected chi connectivity index (χ1v) is 4.84. The van der Waals surface area contributed by atoms with Crippen LogP contribution in [-0.4, -0.2) is 17.1 Å². The van der Waals surface area contributed by atoms with Crippen LogP contribution in [0.1, 0.15) is 0 Å². The van der Waals surface area contributed by atoms with E-state index in [2.05, 4.69) is 9.97 Å². The largest absolute Gasteiger partial charge is 0.494 e. The fraction of sp³-hybridized carbons (Fsp3) is 0.0909. The van der Waals surface area contributed by atoms with Crippen molar-refractivity contribution in [3.05, 3.63) is 30.1 Å². The minimum atomic E-state index is -0.472. The molecule has 2 rings (SSSR count). The molecule has 0 unspecified atom stereocenters. The molecule has 1 aromatic carbocycles. The molecule has 0 amide bonds. The fourth-order valence-corrected chi connectivity index (χ4v) is 1.46. The molecule has 0 radical (unpaired) electrons. The zero-order valence-electron chi connectivity index (χ0n) is 9.14. The first-order valence-electron chi connectivity index (χ1n) is 4.84. The summed E-state index contributed by atoms with van der Waals surface area (Å²) in [6.07, 6.45) is 0. The molecule has 0 saturated carbocycles. The van der Waals surface area contributed by atoms with Crippen molar-refractivity contribution in [1.29, 1.82) is 0 Å². The number of methoxy groups -OCH3 is 1. The van der Waals surface area contributed by atoms with Crippen LogP contribution in [0.3, 0.4) is 0 Å². The van der Waals surface area contributed by atoms with Gasteiger partial charge < -0.3 is 16.2 Å². The number of halogens is 1. The maximum absolute atomic E-state index is 13.5. The highest BCUT2D eigenvalue weighted by Crippen LogP contribution is 2.25. The molecule has 0 saturated heterocycles. The third kappa shape index (κ3) is 2.25. The Kier molecular flexibility index (Phi) is 2.78. The van der Waals surface area contributed by atoms with Gasteiger partial charge in [-0.2, -0.15) is 4.98 Å². The highest BCUT2D eigenvalue weighted by Gasteiger charge is 2.07. The van der Waals surface area contributed by atoms with Crippen molar-refractivity contribution in [2.24, 2.45) is 0 Å². The average Bonchev–Trinajstić information content (AvgIpc) is 2.27. The second-order valence-electron chi connectivity index (χ2n) is 3.39. The van der Waals surface area contributed by atoms with Crippen LogP contribution in [0.5, 0.6) is 5.75 Å². The van der Waals surface area contributed by atoms with E-state index >= 15 is 0 Å². The van der Waals surface area contributed by atoms with Gasteiger partial charge in [-0.15, -0.1) is 0 Å². The van der Waals surface area contributed by atoms with Crippen LogP contribution in [0.25, 0.3) is 11.3 Å². The molecule has 0 fully saturated rings. The van der Waals surface area contributed by atoms with Gasteiger partial charge in [0.25, 0.3) is 0 Å². The molecule has 0 aliphatic carbocycles. The summed E-state index contributed by atoms with van der Waals surface area (Å²) in [4.78, 5) is 7.72. The first kappa shape index (κ1) is 11.1. The number of benzene rings is 1. The Bertz CT molecular complexity index is 539. The van der Waals surface area contributed by atoms with Gasteiger partial charge in [-0.3, -0.25) is 0 Å². The normalized spacial score (nSPS) is 10.2. The van der Waals surface area contributed by atoms with Crippen LogP contribution in [0.4, 0.5) is 16.2 Å². The van der Waals surface area contributed by atoms with Gasteiger partial charge in [-0.1, -0.05) is 0 Å². The monoisotopic (exact) mass is 234 g/mol. The predicted octanol–water partition coefficient (Wildman–Crippen LogP) is 1.46. The van der Waals surface area contributed by atoms with E-state index in [1.165, 1.54) is 25.3 Å². The van der Waals surface area contributed by atoms with Crippen LogP contribution in [-0.2, 0) is 0 Å². The third-order valence-corrected chi connectivity index (χ3v) is 2.21. The highest BCUT2D eigenvalue weighted by atomic mass is 19.1. The molecule has 1 aromatic heterocycles. The smallest absolute Gasteiger partial charge is 0.222 e. The van der Waals surface area contributed by atoms with E-state index in [0.29, 0.717) is 11.3 Å². The van der Waals surface area contributed by atoms with Crippen LogP contribution in [0.15, 0.2) is 24.3 Å². The number of hydrogen-bond donors (Lipinski definition) is 2. The van der Waals surface area contributed by atoms with Crippen LogP contribution >= 0.6 is 0 Å². The summed E-state index contributed by atoms with van der Waals surface area (Å²) in [6.45, 7) is 0. The van der Waals surface area contributed by atoms with Gasteiger partial charge in [0.05, 0.1) is 12.8 Å². The van der Waals surface area contributed by atoms with E-state index < -0.39 is 5.82 Å².